The lowest BCUT2D eigenvalue weighted by Crippen LogP contribution is -2.53. The molecule has 3 heterocycles. The van der Waals surface area contributed by atoms with Crippen LogP contribution in [-0.4, -0.2) is 39.8 Å². The molecule has 4 rings (SSSR count). The highest BCUT2D eigenvalue weighted by molar-refractivity contribution is 5.94. The molecule has 2 saturated heterocycles. The number of pyridine rings is 1. The SMILES string of the molecule is O=C(NC1CC2CCC(C1)N2C(=O)C1CCCC1)c1ccncc1. The molecule has 1 saturated carbocycles. The molecule has 1 aromatic heterocycles. The average Bonchev–Trinajstić information content (AvgIpc) is 3.22. The quantitative estimate of drug-likeness (QED) is 0.928. The van der Waals surface area contributed by atoms with Gasteiger partial charge in [-0.05, 0) is 50.7 Å². The number of carbonyl (C=O) groups is 2. The van der Waals surface area contributed by atoms with Crippen molar-refractivity contribution in [1.29, 1.82) is 0 Å². The van der Waals surface area contributed by atoms with Crippen molar-refractivity contribution in [3.63, 3.8) is 0 Å². The van der Waals surface area contributed by atoms with Crippen molar-refractivity contribution >= 4 is 11.8 Å². The van der Waals surface area contributed by atoms with E-state index in [0.29, 0.717) is 23.6 Å². The van der Waals surface area contributed by atoms with Crippen LogP contribution in [0.1, 0.15) is 61.7 Å². The molecule has 5 heteroatoms. The van der Waals surface area contributed by atoms with Crippen LogP contribution in [0.4, 0.5) is 0 Å². The van der Waals surface area contributed by atoms with Gasteiger partial charge in [0.15, 0.2) is 0 Å². The fraction of sp³-hybridized carbons (Fsp3) is 0.632. The van der Waals surface area contributed by atoms with Crippen molar-refractivity contribution in [3.8, 4) is 0 Å². The first-order valence-corrected chi connectivity index (χ1v) is 9.25. The van der Waals surface area contributed by atoms with Gasteiger partial charge in [0.05, 0.1) is 0 Å². The van der Waals surface area contributed by atoms with E-state index >= 15 is 0 Å². The van der Waals surface area contributed by atoms with Crippen LogP contribution in [0, 0.1) is 5.92 Å². The maximum Gasteiger partial charge on any atom is 0.251 e. The Labute approximate surface area is 142 Å². The smallest absolute Gasteiger partial charge is 0.251 e. The zero-order valence-corrected chi connectivity index (χ0v) is 14.0. The highest BCUT2D eigenvalue weighted by Gasteiger charge is 2.45. The Hall–Kier alpha value is -1.91. The monoisotopic (exact) mass is 327 g/mol. The fourth-order valence-corrected chi connectivity index (χ4v) is 4.81. The molecule has 24 heavy (non-hydrogen) atoms. The number of hydrogen-bond donors (Lipinski definition) is 1. The number of nitrogens with one attached hydrogen (secondary N) is 1. The third kappa shape index (κ3) is 2.92. The van der Waals surface area contributed by atoms with Gasteiger partial charge < -0.3 is 10.2 Å². The van der Waals surface area contributed by atoms with Gasteiger partial charge >= 0.3 is 0 Å². The van der Waals surface area contributed by atoms with Crippen LogP contribution in [0.5, 0.6) is 0 Å². The lowest BCUT2D eigenvalue weighted by atomic mass is 9.94. The summed E-state index contributed by atoms with van der Waals surface area (Å²) in [5.74, 6) is 0.618. The largest absolute Gasteiger partial charge is 0.349 e. The van der Waals surface area contributed by atoms with E-state index in [4.69, 9.17) is 0 Å². The first-order chi connectivity index (χ1) is 11.7. The van der Waals surface area contributed by atoms with E-state index in [1.54, 1.807) is 24.5 Å². The molecule has 1 aromatic rings. The summed E-state index contributed by atoms with van der Waals surface area (Å²) in [5.41, 5.74) is 0.654. The average molecular weight is 327 g/mol. The maximum absolute atomic E-state index is 12.8. The first kappa shape index (κ1) is 15.6. The number of fused-ring (bicyclic) bond motifs is 2. The van der Waals surface area contributed by atoms with Crippen LogP contribution < -0.4 is 5.32 Å². The van der Waals surface area contributed by atoms with E-state index in [1.165, 1.54) is 12.8 Å². The topological polar surface area (TPSA) is 62.3 Å². The highest BCUT2D eigenvalue weighted by Crippen LogP contribution is 2.39. The van der Waals surface area contributed by atoms with Crippen LogP contribution in [0.15, 0.2) is 24.5 Å². The number of nitrogens with zero attached hydrogens (tertiary/aromatic N) is 2. The highest BCUT2D eigenvalue weighted by atomic mass is 16.2. The fourth-order valence-electron chi connectivity index (χ4n) is 4.81. The Bertz CT molecular complexity index is 598. The molecule has 2 atom stereocenters. The molecular weight excluding hydrogens is 302 g/mol. The van der Waals surface area contributed by atoms with Crippen LogP contribution in [0.25, 0.3) is 0 Å². The Balaban J connectivity index is 1.39. The third-order valence-corrected chi connectivity index (χ3v) is 5.97. The van der Waals surface area contributed by atoms with E-state index < -0.39 is 0 Å². The van der Waals surface area contributed by atoms with Gasteiger partial charge in [0, 0.05) is 42.0 Å². The van der Waals surface area contributed by atoms with Gasteiger partial charge in [-0.1, -0.05) is 12.8 Å². The summed E-state index contributed by atoms with van der Waals surface area (Å²) >= 11 is 0. The van der Waals surface area contributed by atoms with Crippen LogP contribution in [-0.2, 0) is 4.79 Å². The Kier molecular flexibility index (Phi) is 4.25. The molecule has 3 fully saturated rings. The van der Waals surface area contributed by atoms with Crippen LogP contribution in [0.2, 0.25) is 0 Å². The standard InChI is InChI=1S/C19H25N3O2/c23-18(13-7-9-20-10-8-13)21-15-11-16-5-6-17(12-15)22(16)19(24)14-3-1-2-4-14/h7-10,14-17H,1-6,11-12H2,(H,21,23). The molecule has 0 radical (unpaired) electrons. The molecular formula is C19H25N3O2. The van der Waals surface area contributed by atoms with E-state index in [1.807, 2.05) is 0 Å². The summed E-state index contributed by atoms with van der Waals surface area (Å²) in [4.78, 5) is 31.3. The van der Waals surface area contributed by atoms with Gasteiger partial charge in [-0.25, -0.2) is 0 Å². The summed E-state index contributed by atoms with van der Waals surface area (Å²) < 4.78 is 0. The predicted molar refractivity (Wildman–Crippen MR) is 90.3 cm³/mol. The molecule has 0 spiro atoms. The van der Waals surface area contributed by atoms with Gasteiger partial charge in [0.2, 0.25) is 5.91 Å². The minimum atomic E-state index is -0.0302. The van der Waals surface area contributed by atoms with Gasteiger partial charge in [0.25, 0.3) is 5.91 Å². The van der Waals surface area contributed by atoms with Crippen molar-refractivity contribution < 1.29 is 9.59 Å². The number of aromatic nitrogens is 1. The van der Waals surface area contributed by atoms with E-state index in [0.717, 1.165) is 38.5 Å². The number of carbonyl (C=O) groups excluding carboxylic acids is 2. The summed E-state index contributed by atoms with van der Waals surface area (Å²) in [7, 11) is 0. The van der Waals surface area contributed by atoms with Gasteiger partial charge in [-0.3, -0.25) is 14.6 Å². The van der Waals surface area contributed by atoms with E-state index in [-0.39, 0.29) is 17.9 Å². The number of amides is 2. The molecule has 2 bridgehead atoms. The van der Waals surface area contributed by atoms with Crippen LogP contribution >= 0.6 is 0 Å². The number of hydrogen-bond acceptors (Lipinski definition) is 3. The zero-order chi connectivity index (χ0) is 16.5. The summed E-state index contributed by atoms with van der Waals surface area (Å²) in [6, 6.07) is 4.29. The van der Waals surface area contributed by atoms with Crippen LogP contribution in [0.3, 0.4) is 0 Å². The molecule has 1 aliphatic carbocycles. The Morgan fingerprint density at radius 3 is 2.25 bits per heavy atom. The molecule has 128 valence electrons. The van der Waals surface area contributed by atoms with Gasteiger partial charge in [-0.2, -0.15) is 0 Å². The molecule has 5 nitrogen and oxygen atoms in total. The minimum absolute atomic E-state index is 0.0302. The first-order valence-electron chi connectivity index (χ1n) is 9.25. The van der Waals surface area contributed by atoms with Crippen molar-refractivity contribution in [2.24, 2.45) is 5.92 Å². The second kappa shape index (κ2) is 6.54. The van der Waals surface area contributed by atoms with Gasteiger partial charge in [-0.15, -0.1) is 0 Å². The molecule has 0 aromatic carbocycles. The molecule has 2 aliphatic heterocycles. The summed E-state index contributed by atoms with van der Waals surface area (Å²) in [6.07, 6.45) is 11.8. The molecule has 2 amide bonds. The Morgan fingerprint density at radius 2 is 1.62 bits per heavy atom. The van der Waals surface area contributed by atoms with E-state index in [9.17, 15) is 9.59 Å². The van der Waals surface area contributed by atoms with E-state index in [2.05, 4.69) is 15.2 Å². The summed E-state index contributed by atoms with van der Waals surface area (Å²) in [5, 5.41) is 3.16. The Morgan fingerprint density at radius 1 is 1.00 bits per heavy atom. The predicted octanol–water partition coefficient (Wildman–Crippen LogP) is 2.52. The lowest BCUT2D eigenvalue weighted by Gasteiger charge is -2.40. The van der Waals surface area contributed by atoms with Gasteiger partial charge in [0.1, 0.15) is 0 Å². The minimum Gasteiger partial charge on any atom is -0.349 e. The molecule has 3 aliphatic rings. The number of rotatable bonds is 3. The second-order valence-corrected chi connectivity index (χ2v) is 7.49. The molecule has 2 unspecified atom stereocenters. The van der Waals surface area contributed by atoms with Crippen molar-refractivity contribution in [2.45, 2.75) is 69.5 Å². The van der Waals surface area contributed by atoms with Crippen molar-refractivity contribution in [3.05, 3.63) is 30.1 Å². The maximum atomic E-state index is 12.8. The lowest BCUT2D eigenvalue weighted by molar-refractivity contribution is -0.140. The third-order valence-electron chi connectivity index (χ3n) is 5.97. The van der Waals surface area contributed by atoms with Crippen molar-refractivity contribution in [1.82, 2.24) is 15.2 Å². The number of piperidine rings is 1. The zero-order valence-electron chi connectivity index (χ0n) is 14.0. The second-order valence-electron chi connectivity index (χ2n) is 7.49. The normalized spacial score (nSPS) is 29.7. The molecule has 1 N–H and O–H groups in total. The summed E-state index contributed by atoms with van der Waals surface area (Å²) in [6.45, 7) is 0. The van der Waals surface area contributed by atoms with Crippen molar-refractivity contribution in [2.75, 3.05) is 0 Å².